The fourth-order valence-electron chi connectivity index (χ4n) is 1.88. The van der Waals surface area contributed by atoms with Crippen LogP contribution in [0.5, 0.6) is 0 Å². The Bertz CT molecular complexity index is 400. The summed E-state index contributed by atoms with van der Waals surface area (Å²) in [7, 11) is 0. The molecule has 18 heavy (non-hydrogen) atoms. The molecule has 2 unspecified atom stereocenters. The molecule has 0 radical (unpaired) electrons. The Morgan fingerprint density at radius 1 is 1.56 bits per heavy atom. The molecule has 2 atom stereocenters. The highest BCUT2D eigenvalue weighted by atomic mass is 32.2. The molecule has 1 aromatic heterocycles. The van der Waals surface area contributed by atoms with Crippen molar-refractivity contribution in [3.63, 3.8) is 0 Å². The van der Waals surface area contributed by atoms with Gasteiger partial charge in [-0.25, -0.2) is 9.97 Å². The number of thioether (sulfide) groups is 1. The van der Waals surface area contributed by atoms with Gasteiger partial charge in [-0.15, -0.1) is 0 Å². The molecule has 0 bridgehead atoms. The van der Waals surface area contributed by atoms with Crippen LogP contribution in [0, 0.1) is 6.92 Å². The lowest BCUT2D eigenvalue weighted by Gasteiger charge is -2.14. The Morgan fingerprint density at radius 2 is 2.39 bits per heavy atom. The summed E-state index contributed by atoms with van der Waals surface area (Å²) in [6.45, 7) is 8.11. The molecule has 1 N–H and O–H groups in total. The minimum atomic E-state index is 0.316. The van der Waals surface area contributed by atoms with Gasteiger partial charge in [0.1, 0.15) is 5.03 Å². The summed E-state index contributed by atoms with van der Waals surface area (Å²) in [6.07, 6.45) is 4.39. The number of anilines is 1. The zero-order valence-electron chi connectivity index (χ0n) is 11.3. The van der Waals surface area contributed by atoms with E-state index in [4.69, 9.17) is 4.74 Å². The van der Waals surface area contributed by atoms with E-state index in [1.165, 1.54) is 0 Å². The van der Waals surface area contributed by atoms with E-state index in [1.807, 2.05) is 18.0 Å². The van der Waals surface area contributed by atoms with E-state index >= 15 is 0 Å². The Balaban J connectivity index is 2.06. The van der Waals surface area contributed by atoms with Crippen LogP contribution in [0.3, 0.4) is 0 Å². The van der Waals surface area contributed by atoms with E-state index in [2.05, 4.69) is 36.1 Å². The van der Waals surface area contributed by atoms with Crippen LogP contribution in [0.2, 0.25) is 0 Å². The highest BCUT2D eigenvalue weighted by Gasteiger charge is 2.26. The summed E-state index contributed by atoms with van der Waals surface area (Å²) in [5.41, 5.74) is 1.14. The van der Waals surface area contributed by atoms with Crippen molar-refractivity contribution in [2.24, 2.45) is 0 Å². The van der Waals surface area contributed by atoms with E-state index in [9.17, 15) is 0 Å². The van der Waals surface area contributed by atoms with Gasteiger partial charge >= 0.3 is 0 Å². The fraction of sp³-hybridized carbons (Fsp3) is 0.692. The molecule has 1 aliphatic rings. The van der Waals surface area contributed by atoms with Crippen LogP contribution in [0.25, 0.3) is 0 Å². The van der Waals surface area contributed by atoms with Crippen molar-refractivity contribution in [2.75, 3.05) is 18.5 Å². The summed E-state index contributed by atoms with van der Waals surface area (Å²) in [5.74, 6) is 0.733. The molecule has 2 heterocycles. The number of hydrogen-bond acceptors (Lipinski definition) is 5. The van der Waals surface area contributed by atoms with Crippen molar-refractivity contribution in [1.82, 2.24) is 9.97 Å². The van der Waals surface area contributed by atoms with Crippen molar-refractivity contribution >= 4 is 17.7 Å². The van der Waals surface area contributed by atoms with E-state index in [1.54, 1.807) is 0 Å². The summed E-state index contributed by atoms with van der Waals surface area (Å²) in [5, 5.41) is 4.82. The SMILES string of the molecule is CCCNc1ncc(C)c(SC2CCOC2C)n1. The minimum absolute atomic E-state index is 0.316. The van der Waals surface area contributed by atoms with Crippen molar-refractivity contribution in [3.8, 4) is 0 Å². The number of nitrogens with zero attached hydrogens (tertiary/aromatic N) is 2. The van der Waals surface area contributed by atoms with Crippen LogP contribution in [0.1, 0.15) is 32.3 Å². The zero-order valence-corrected chi connectivity index (χ0v) is 12.1. The third-order valence-corrected chi connectivity index (χ3v) is 4.59. The average molecular weight is 267 g/mol. The Hall–Kier alpha value is -0.810. The average Bonchev–Trinajstić information content (AvgIpc) is 2.76. The van der Waals surface area contributed by atoms with Gasteiger partial charge in [0.25, 0.3) is 0 Å². The molecule has 100 valence electrons. The maximum atomic E-state index is 5.59. The van der Waals surface area contributed by atoms with Gasteiger partial charge in [0, 0.05) is 24.6 Å². The number of rotatable bonds is 5. The molecular weight excluding hydrogens is 246 g/mol. The maximum absolute atomic E-state index is 5.59. The summed E-state index contributed by atoms with van der Waals surface area (Å²) < 4.78 is 5.59. The van der Waals surface area contributed by atoms with Gasteiger partial charge in [-0.2, -0.15) is 0 Å². The summed E-state index contributed by atoms with van der Waals surface area (Å²) in [6, 6.07) is 0. The van der Waals surface area contributed by atoms with Crippen LogP contribution in [0.15, 0.2) is 11.2 Å². The van der Waals surface area contributed by atoms with E-state index in [-0.39, 0.29) is 0 Å². The molecule has 0 amide bonds. The first kappa shape index (κ1) is 13.6. The zero-order chi connectivity index (χ0) is 13.0. The molecular formula is C13H21N3OS. The second-order valence-corrected chi connectivity index (χ2v) is 5.86. The first-order valence-electron chi connectivity index (χ1n) is 6.56. The van der Waals surface area contributed by atoms with Crippen molar-refractivity contribution in [2.45, 2.75) is 50.0 Å². The molecule has 4 nitrogen and oxygen atoms in total. The third kappa shape index (κ3) is 3.36. The monoisotopic (exact) mass is 267 g/mol. The second-order valence-electron chi connectivity index (χ2n) is 4.63. The number of aromatic nitrogens is 2. The quantitative estimate of drug-likeness (QED) is 0.831. The number of nitrogens with one attached hydrogen (secondary N) is 1. The second kappa shape index (κ2) is 6.38. The van der Waals surface area contributed by atoms with Gasteiger partial charge in [-0.05, 0) is 32.3 Å². The lowest BCUT2D eigenvalue weighted by atomic mass is 10.3. The molecule has 0 saturated carbocycles. The Morgan fingerprint density at radius 3 is 3.06 bits per heavy atom. The standard InChI is InChI=1S/C13H21N3OS/c1-4-6-14-13-15-8-9(2)12(16-13)18-11-5-7-17-10(11)3/h8,10-11H,4-7H2,1-3H3,(H,14,15,16). The molecule has 5 heteroatoms. The molecule has 1 saturated heterocycles. The number of aryl methyl sites for hydroxylation is 1. The van der Waals surface area contributed by atoms with Crippen LogP contribution in [-0.4, -0.2) is 34.5 Å². The molecule has 2 rings (SSSR count). The van der Waals surface area contributed by atoms with Crippen LogP contribution in [0.4, 0.5) is 5.95 Å². The first-order chi connectivity index (χ1) is 8.70. The lowest BCUT2D eigenvalue weighted by molar-refractivity contribution is 0.127. The lowest BCUT2D eigenvalue weighted by Crippen LogP contribution is -2.14. The minimum Gasteiger partial charge on any atom is -0.377 e. The summed E-state index contributed by atoms with van der Waals surface area (Å²) in [4.78, 5) is 8.90. The van der Waals surface area contributed by atoms with Crippen molar-refractivity contribution < 1.29 is 4.74 Å². The fourth-order valence-corrected chi connectivity index (χ4v) is 3.03. The van der Waals surface area contributed by atoms with Crippen LogP contribution in [-0.2, 0) is 4.74 Å². The predicted octanol–water partition coefficient (Wildman–Crippen LogP) is 2.88. The normalized spacial score (nSPS) is 23.3. The molecule has 1 aliphatic heterocycles. The van der Waals surface area contributed by atoms with Gasteiger partial charge in [-0.3, -0.25) is 0 Å². The molecule has 0 spiro atoms. The smallest absolute Gasteiger partial charge is 0.223 e. The molecule has 0 aromatic carbocycles. The molecule has 1 fully saturated rings. The Kier molecular flexibility index (Phi) is 4.83. The van der Waals surface area contributed by atoms with Crippen LogP contribution >= 0.6 is 11.8 Å². The highest BCUT2D eigenvalue weighted by molar-refractivity contribution is 8.00. The molecule has 1 aromatic rings. The van der Waals surface area contributed by atoms with Gasteiger partial charge < -0.3 is 10.1 Å². The first-order valence-corrected chi connectivity index (χ1v) is 7.44. The molecule has 0 aliphatic carbocycles. The van der Waals surface area contributed by atoms with E-state index in [0.717, 1.165) is 42.5 Å². The largest absolute Gasteiger partial charge is 0.377 e. The van der Waals surface area contributed by atoms with Crippen molar-refractivity contribution in [1.29, 1.82) is 0 Å². The number of ether oxygens (including phenoxy) is 1. The maximum Gasteiger partial charge on any atom is 0.223 e. The topological polar surface area (TPSA) is 47.0 Å². The van der Waals surface area contributed by atoms with Crippen molar-refractivity contribution in [3.05, 3.63) is 11.8 Å². The Labute approximate surface area is 113 Å². The van der Waals surface area contributed by atoms with E-state index in [0.29, 0.717) is 11.4 Å². The van der Waals surface area contributed by atoms with Gasteiger partial charge in [0.15, 0.2) is 0 Å². The van der Waals surface area contributed by atoms with Crippen LogP contribution < -0.4 is 5.32 Å². The van der Waals surface area contributed by atoms with Gasteiger partial charge in [0.2, 0.25) is 5.95 Å². The third-order valence-electron chi connectivity index (χ3n) is 3.03. The predicted molar refractivity (Wildman–Crippen MR) is 75.2 cm³/mol. The van der Waals surface area contributed by atoms with Gasteiger partial charge in [0.05, 0.1) is 6.10 Å². The summed E-state index contributed by atoms with van der Waals surface area (Å²) >= 11 is 1.82. The number of hydrogen-bond donors (Lipinski definition) is 1. The highest BCUT2D eigenvalue weighted by Crippen LogP contribution is 2.33. The van der Waals surface area contributed by atoms with Gasteiger partial charge in [-0.1, -0.05) is 18.7 Å². The van der Waals surface area contributed by atoms with E-state index < -0.39 is 0 Å².